The third-order valence-electron chi connectivity index (χ3n) is 3.98. The highest BCUT2D eigenvalue weighted by molar-refractivity contribution is 8.18. The van der Waals surface area contributed by atoms with Crippen molar-refractivity contribution < 1.29 is 14.7 Å². The maximum absolute atomic E-state index is 12.6. The number of hydrogen-bond donors (Lipinski definition) is 2. The van der Waals surface area contributed by atoms with Gasteiger partial charge in [-0.05, 0) is 60.2 Å². The van der Waals surface area contributed by atoms with E-state index in [0.29, 0.717) is 21.4 Å². The van der Waals surface area contributed by atoms with Gasteiger partial charge in [0.05, 0.1) is 16.2 Å². The first-order valence-corrected chi connectivity index (χ1v) is 8.63. The molecule has 6 nitrogen and oxygen atoms in total. The molecule has 1 saturated heterocycles. The van der Waals surface area contributed by atoms with E-state index < -0.39 is 5.97 Å². The van der Waals surface area contributed by atoms with Crippen LogP contribution in [0.1, 0.15) is 22.8 Å². The van der Waals surface area contributed by atoms with Crippen molar-refractivity contribution in [1.82, 2.24) is 4.90 Å². The second kappa shape index (κ2) is 7.05. The molecule has 0 bridgehead atoms. The van der Waals surface area contributed by atoms with Crippen LogP contribution in [0.3, 0.4) is 0 Å². The summed E-state index contributed by atoms with van der Waals surface area (Å²) in [5.74, 6) is -1.16. The molecule has 0 saturated carbocycles. The Hall–Kier alpha value is -3.06. The van der Waals surface area contributed by atoms with Crippen LogP contribution < -0.4 is 5.73 Å². The molecule has 2 aromatic rings. The number of thioether (sulfide) groups is 1. The van der Waals surface area contributed by atoms with Crippen LogP contribution in [-0.4, -0.2) is 34.1 Å². The zero-order valence-electron chi connectivity index (χ0n) is 14.3. The lowest BCUT2D eigenvalue weighted by molar-refractivity contribution is -0.121. The number of carboxylic acid groups (broad SMARTS) is 1. The number of aromatic carboxylic acids is 1. The summed E-state index contributed by atoms with van der Waals surface area (Å²) >= 11 is 1.27. The second-order valence-corrected chi connectivity index (χ2v) is 6.77. The zero-order valence-corrected chi connectivity index (χ0v) is 15.1. The van der Waals surface area contributed by atoms with Crippen LogP contribution in [0, 0.1) is 0 Å². The molecular formula is C19H17N3O3S. The molecule has 1 aliphatic heterocycles. The number of nitrogen functional groups attached to an aromatic ring is 1. The number of anilines is 1. The van der Waals surface area contributed by atoms with Crippen molar-refractivity contribution in [2.24, 2.45) is 4.99 Å². The van der Waals surface area contributed by atoms with E-state index in [9.17, 15) is 9.59 Å². The van der Waals surface area contributed by atoms with Crippen molar-refractivity contribution >= 4 is 45.8 Å². The van der Waals surface area contributed by atoms with Crippen LogP contribution in [0.4, 0.5) is 11.4 Å². The molecule has 132 valence electrons. The molecule has 0 atom stereocenters. The number of hydrogen-bond acceptors (Lipinski definition) is 5. The van der Waals surface area contributed by atoms with Crippen molar-refractivity contribution in [3.63, 3.8) is 0 Å². The minimum atomic E-state index is -1.02. The molecule has 1 amide bonds. The fourth-order valence-electron chi connectivity index (χ4n) is 2.46. The lowest BCUT2D eigenvalue weighted by Crippen LogP contribution is -2.23. The average Bonchev–Trinajstić information content (AvgIpc) is 2.90. The maximum Gasteiger partial charge on any atom is 0.335 e. The number of carbonyl (C=O) groups is 2. The summed E-state index contributed by atoms with van der Waals surface area (Å²) in [5, 5.41) is 9.59. The van der Waals surface area contributed by atoms with Gasteiger partial charge >= 0.3 is 5.97 Å². The predicted octanol–water partition coefficient (Wildman–Crippen LogP) is 3.59. The standard InChI is InChI=1S/C19H17N3O3S/c1-11(12-6-8-14(20)9-7-12)16-17(23)22(2)19(26-16)21-15-5-3-4-13(10-15)18(24)25/h3-10H,20H2,1-2H3,(H,24,25)/b16-11-,21-19?. The van der Waals surface area contributed by atoms with E-state index >= 15 is 0 Å². The maximum atomic E-state index is 12.6. The van der Waals surface area contributed by atoms with E-state index in [-0.39, 0.29) is 11.5 Å². The second-order valence-electron chi connectivity index (χ2n) is 5.79. The lowest BCUT2D eigenvalue weighted by Gasteiger charge is -2.07. The molecule has 0 radical (unpaired) electrons. The number of nitrogens with zero attached hydrogens (tertiary/aromatic N) is 2. The number of carbonyl (C=O) groups excluding carboxylic acids is 1. The van der Waals surface area contributed by atoms with Crippen molar-refractivity contribution in [3.8, 4) is 0 Å². The third kappa shape index (κ3) is 3.48. The molecule has 3 N–H and O–H groups in total. The topological polar surface area (TPSA) is 96.0 Å². The van der Waals surface area contributed by atoms with Crippen LogP contribution >= 0.6 is 11.8 Å². The van der Waals surface area contributed by atoms with Gasteiger partial charge in [-0.25, -0.2) is 9.79 Å². The fraction of sp³-hybridized carbons (Fsp3) is 0.105. The highest BCUT2D eigenvalue weighted by Crippen LogP contribution is 2.37. The number of rotatable bonds is 3. The van der Waals surface area contributed by atoms with Gasteiger partial charge in [0, 0.05) is 12.7 Å². The van der Waals surface area contributed by atoms with Crippen LogP contribution in [0.25, 0.3) is 5.57 Å². The average molecular weight is 367 g/mol. The first-order chi connectivity index (χ1) is 12.4. The SMILES string of the molecule is C/C(=C1/SC(=Nc2cccc(C(=O)O)c2)N(C)C1=O)c1ccc(N)cc1. The highest BCUT2D eigenvalue weighted by atomic mass is 32.2. The van der Waals surface area contributed by atoms with Gasteiger partial charge in [-0.15, -0.1) is 0 Å². The summed E-state index contributed by atoms with van der Waals surface area (Å²) in [6.45, 7) is 1.88. The number of allylic oxidation sites excluding steroid dienone is 1. The number of aliphatic imine (C=N–C) groups is 1. The normalized spacial score (nSPS) is 17.7. The summed E-state index contributed by atoms with van der Waals surface area (Å²) in [6.07, 6.45) is 0. The fourth-order valence-corrected chi connectivity index (χ4v) is 3.51. The highest BCUT2D eigenvalue weighted by Gasteiger charge is 2.32. The quantitative estimate of drug-likeness (QED) is 0.638. The Balaban J connectivity index is 1.96. The zero-order chi connectivity index (χ0) is 18.8. The van der Waals surface area contributed by atoms with Crippen molar-refractivity contribution in [2.75, 3.05) is 12.8 Å². The molecule has 0 aromatic heterocycles. The summed E-state index contributed by atoms with van der Waals surface area (Å²) in [6, 6.07) is 13.6. The molecule has 0 spiro atoms. The van der Waals surface area contributed by atoms with Crippen molar-refractivity contribution in [1.29, 1.82) is 0 Å². The van der Waals surface area contributed by atoms with Crippen LogP contribution in [0.2, 0.25) is 0 Å². The number of likely N-dealkylation sites (N-methyl/N-ethyl adjacent to an activating group) is 1. The number of nitrogens with two attached hydrogens (primary N) is 1. The number of benzene rings is 2. The summed E-state index contributed by atoms with van der Waals surface area (Å²) in [5.41, 5.74) is 8.77. The smallest absolute Gasteiger partial charge is 0.335 e. The summed E-state index contributed by atoms with van der Waals surface area (Å²) in [7, 11) is 1.65. The Morgan fingerprint density at radius 1 is 1.15 bits per heavy atom. The van der Waals surface area contributed by atoms with Crippen LogP contribution in [-0.2, 0) is 4.79 Å². The Morgan fingerprint density at radius 2 is 1.85 bits per heavy atom. The molecule has 2 aromatic carbocycles. The number of carboxylic acids is 1. The first-order valence-electron chi connectivity index (χ1n) is 7.81. The monoisotopic (exact) mass is 367 g/mol. The van der Waals surface area contributed by atoms with E-state index in [1.54, 1.807) is 31.3 Å². The summed E-state index contributed by atoms with van der Waals surface area (Å²) < 4.78 is 0. The van der Waals surface area contributed by atoms with Gasteiger partial charge in [-0.3, -0.25) is 9.69 Å². The first kappa shape index (κ1) is 17.8. The minimum Gasteiger partial charge on any atom is -0.478 e. The summed E-state index contributed by atoms with van der Waals surface area (Å²) in [4.78, 5) is 30.2. The van der Waals surface area contributed by atoms with Gasteiger partial charge in [0.2, 0.25) is 0 Å². The Kier molecular flexibility index (Phi) is 4.81. The Bertz CT molecular complexity index is 949. The van der Waals surface area contributed by atoms with E-state index in [0.717, 1.165) is 11.1 Å². The Morgan fingerprint density at radius 3 is 2.50 bits per heavy atom. The van der Waals surface area contributed by atoms with E-state index in [4.69, 9.17) is 10.8 Å². The van der Waals surface area contributed by atoms with E-state index in [1.807, 2.05) is 19.1 Å². The lowest BCUT2D eigenvalue weighted by atomic mass is 10.1. The number of amides is 1. The molecule has 1 aliphatic rings. The van der Waals surface area contributed by atoms with Gasteiger partial charge in [-0.2, -0.15) is 0 Å². The molecule has 1 fully saturated rings. The van der Waals surface area contributed by atoms with E-state index in [2.05, 4.69) is 4.99 Å². The molecule has 0 unspecified atom stereocenters. The molecular weight excluding hydrogens is 350 g/mol. The van der Waals surface area contributed by atoms with Gasteiger partial charge < -0.3 is 10.8 Å². The molecule has 26 heavy (non-hydrogen) atoms. The van der Waals surface area contributed by atoms with Gasteiger partial charge in [0.25, 0.3) is 5.91 Å². The Labute approximate surface area is 155 Å². The van der Waals surface area contributed by atoms with Crippen molar-refractivity contribution in [2.45, 2.75) is 6.92 Å². The number of amidine groups is 1. The molecule has 7 heteroatoms. The molecule has 3 rings (SSSR count). The van der Waals surface area contributed by atoms with Crippen LogP contribution in [0.15, 0.2) is 58.4 Å². The van der Waals surface area contributed by atoms with Crippen LogP contribution in [0.5, 0.6) is 0 Å². The molecule has 1 heterocycles. The third-order valence-corrected chi connectivity index (χ3v) is 5.21. The van der Waals surface area contributed by atoms with E-state index in [1.165, 1.54) is 28.8 Å². The van der Waals surface area contributed by atoms with Gasteiger partial charge in [0.15, 0.2) is 5.17 Å². The largest absolute Gasteiger partial charge is 0.478 e. The van der Waals surface area contributed by atoms with Crippen molar-refractivity contribution in [3.05, 3.63) is 64.6 Å². The van der Waals surface area contributed by atoms with Gasteiger partial charge in [-0.1, -0.05) is 18.2 Å². The molecule has 0 aliphatic carbocycles. The predicted molar refractivity (Wildman–Crippen MR) is 104 cm³/mol. The van der Waals surface area contributed by atoms with Gasteiger partial charge in [0.1, 0.15) is 0 Å². The minimum absolute atomic E-state index is 0.141.